The molecule has 0 radical (unpaired) electrons. The van der Waals surface area contributed by atoms with Crippen molar-refractivity contribution in [3.8, 4) is 11.3 Å². The highest BCUT2D eigenvalue weighted by Crippen LogP contribution is 2.31. The second-order valence-electron chi connectivity index (χ2n) is 5.58. The fraction of sp³-hybridized carbons (Fsp3) is 0.294. The second kappa shape index (κ2) is 6.18. The summed E-state index contributed by atoms with van der Waals surface area (Å²) < 4.78 is 11.3. The summed E-state index contributed by atoms with van der Waals surface area (Å²) in [6, 6.07) is 9.39. The maximum absolute atomic E-state index is 5.94. The lowest BCUT2D eigenvalue weighted by Crippen LogP contribution is -2.19. The van der Waals surface area contributed by atoms with Crippen molar-refractivity contribution >= 4 is 28.4 Å². The summed E-state index contributed by atoms with van der Waals surface area (Å²) in [5, 5.41) is 13.6. The molecule has 3 heterocycles. The molecule has 1 aromatic carbocycles. The maximum atomic E-state index is 5.94. The SMILES string of the molecule is Clc1ccc(-c2nnc(NCC3CCCO3)c3ccoc23)cc1. The van der Waals surface area contributed by atoms with Crippen LogP contribution >= 0.6 is 11.6 Å². The van der Waals surface area contributed by atoms with E-state index in [-0.39, 0.29) is 6.10 Å². The topological polar surface area (TPSA) is 60.2 Å². The molecular formula is C17H16ClN3O2. The van der Waals surface area contributed by atoms with Gasteiger partial charge in [-0.2, -0.15) is 0 Å². The Balaban J connectivity index is 1.65. The van der Waals surface area contributed by atoms with Gasteiger partial charge in [0, 0.05) is 23.7 Å². The van der Waals surface area contributed by atoms with Gasteiger partial charge in [0.15, 0.2) is 11.4 Å². The van der Waals surface area contributed by atoms with Gasteiger partial charge in [-0.05, 0) is 31.0 Å². The van der Waals surface area contributed by atoms with E-state index in [0.29, 0.717) is 10.7 Å². The Morgan fingerprint density at radius 2 is 2.04 bits per heavy atom. The number of hydrogen-bond acceptors (Lipinski definition) is 5. The van der Waals surface area contributed by atoms with Crippen LogP contribution in [-0.4, -0.2) is 29.5 Å². The zero-order chi connectivity index (χ0) is 15.6. The van der Waals surface area contributed by atoms with E-state index < -0.39 is 0 Å². The fourth-order valence-electron chi connectivity index (χ4n) is 2.82. The zero-order valence-corrected chi connectivity index (χ0v) is 13.2. The lowest BCUT2D eigenvalue weighted by molar-refractivity contribution is 0.120. The van der Waals surface area contributed by atoms with E-state index in [1.807, 2.05) is 30.3 Å². The van der Waals surface area contributed by atoms with Crippen molar-refractivity contribution in [2.24, 2.45) is 0 Å². The molecule has 1 unspecified atom stereocenters. The van der Waals surface area contributed by atoms with Gasteiger partial charge in [-0.15, -0.1) is 10.2 Å². The molecule has 6 heteroatoms. The minimum absolute atomic E-state index is 0.245. The van der Waals surface area contributed by atoms with Crippen molar-refractivity contribution in [3.63, 3.8) is 0 Å². The Hall–Kier alpha value is -2.11. The highest BCUT2D eigenvalue weighted by molar-refractivity contribution is 6.30. The maximum Gasteiger partial charge on any atom is 0.165 e. The molecule has 3 aromatic rings. The standard InChI is InChI=1S/C17H16ClN3O2/c18-12-5-3-11(4-6-12)15-16-14(7-9-23-16)17(21-20-15)19-10-13-2-1-8-22-13/h3-7,9,13H,1-2,8,10H2,(H,19,21). The van der Waals surface area contributed by atoms with Crippen LogP contribution in [0, 0.1) is 0 Å². The minimum atomic E-state index is 0.245. The van der Waals surface area contributed by atoms with Gasteiger partial charge in [0.05, 0.1) is 17.8 Å². The average Bonchev–Trinajstić information content (AvgIpc) is 3.25. The molecule has 0 spiro atoms. The Morgan fingerprint density at radius 3 is 2.83 bits per heavy atom. The highest BCUT2D eigenvalue weighted by Gasteiger charge is 2.18. The third kappa shape index (κ3) is 2.90. The first-order chi connectivity index (χ1) is 11.3. The van der Waals surface area contributed by atoms with Gasteiger partial charge in [0.25, 0.3) is 0 Å². The Labute approximate surface area is 138 Å². The first-order valence-corrected chi connectivity index (χ1v) is 8.04. The number of anilines is 1. The lowest BCUT2D eigenvalue weighted by Gasteiger charge is -2.12. The number of nitrogens with one attached hydrogen (secondary N) is 1. The molecule has 1 fully saturated rings. The smallest absolute Gasteiger partial charge is 0.165 e. The summed E-state index contributed by atoms with van der Waals surface area (Å²) in [5.41, 5.74) is 2.36. The number of halogens is 1. The molecule has 0 bridgehead atoms. The zero-order valence-electron chi connectivity index (χ0n) is 12.5. The molecule has 1 aliphatic heterocycles. The largest absolute Gasteiger partial charge is 0.462 e. The Morgan fingerprint density at radius 1 is 1.17 bits per heavy atom. The van der Waals surface area contributed by atoms with Gasteiger partial charge < -0.3 is 14.5 Å². The quantitative estimate of drug-likeness (QED) is 0.779. The Bertz CT molecular complexity index is 810. The predicted molar refractivity (Wildman–Crippen MR) is 89.7 cm³/mol. The average molecular weight is 330 g/mol. The van der Waals surface area contributed by atoms with Crippen molar-refractivity contribution in [3.05, 3.63) is 41.6 Å². The number of aromatic nitrogens is 2. The molecule has 118 valence electrons. The molecule has 4 rings (SSSR count). The van der Waals surface area contributed by atoms with Crippen molar-refractivity contribution in [2.45, 2.75) is 18.9 Å². The number of rotatable bonds is 4. The molecule has 2 aromatic heterocycles. The Kier molecular flexibility index (Phi) is 3.89. The lowest BCUT2D eigenvalue weighted by atomic mass is 10.1. The number of furan rings is 1. The van der Waals surface area contributed by atoms with Crippen molar-refractivity contribution in [2.75, 3.05) is 18.5 Å². The van der Waals surface area contributed by atoms with Crippen LogP contribution in [0.5, 0.6) is 0 Å². The third-order valence-electron chi connectivity index (χ3n) is 4.02. The number of fused-ring (bicyclic) bond motifs is 1. The summed E-state index contributed by atoms with van der Waals surface area (Å²) in [6.45, 7) is 1.57. The van der Waals surface area contributed by atoms with Gasteiger partial charge in [0.1, 0.15) is 5.69 Å². The van der Waals surface area contributed by atoms with E-state index in [9.17, 15) is 0 Å². The molecule has 0 aliphatic carbocycles. The predicted octanol–water partition coefficient (Wildman–Crippen LogP) is 4.13. The summed E-state index contributed by atoms with van der Waals surface area (Å²) in [7, 11) is 0. The van der Waals surface area contributed by atoms with E-state index in [1.165, 1.54) is 0 Å². The van der Waals surface area contributed by atoms with Crippen molar-refractivity contribution in [1.82, 2.24) is 10.2 Å². The normalized spacial score (nSPS) is 17.7. The number of benzene rings is 1. The highest BCUT2D eigenvalue weighted by atomic mass is 35.5. The summed E-state index contributed by atoms with van der Waals surface area (Å²) in [5.74, 6) is 0.724. The monoisotopic (exact) mass is 329 g/mol. The second-order valence-corrected chi connectivity index (χ2v) is 6.02. The van der Waals surface area contributed by atoms with E-state index >= 15 is 0 Å². The molecule has 1 N–H and O–H groups in total. The van der Waals surface area contributed by atoms with Gasteiger partial charge in [0.2, 0.25) is 0 Å². The van der Waals surface area contributed by atoms with E-state index in [0.717, 1.165) is 48.3 Å². The van der Waals surface area contributed by atoms with Crippen LogP contribution in [0.3, 0.4) is 0 Å². The van der Waals surface area contributed by atoms with Crippen molar-refractivity contribution in [1.29, 1.82) is 0 Å². The number of hydrogen-bond donors (Lipinski definition) is 1. The van der Waals surface area contributed by atoms with Crippen LogP contribution in [0.15, 0.2) is 41.0 Å². The first kappa shape index (κ1) is 14.5. The summed E-state index contributed by atoms with van der Waals surface area (Å²) in [4.78, 5) is 0. The molecule has 1 aliphatic rings. The fourth-order valence-corrected chi connectivity index (χ4v) is 2.95. The molecule has 1 atom stereocenters. The third-order valence-corrected chi connectivity index (χ3v) is 4.28. The van der Waals surface area contributed by atoms with Crippen LogP contribution < -0.4 is 5.32 Å². The van der Waals surface area contributed by atoms with Crippen LogP contribution in [-0.2, 0) is 4.74 Å². The van der Waals surface area contributed by atoms with E-state index in [4.69, 9.17) is 20.8 Å². The molecule has 5 nitrogen and oxygen atoms in total. The number of nitrogens with zero attached hydrogens (tertiary/aromatic N) is 2. The summed E-state index contributed by atoms with van der Waals surface area (Å²) >= 11 is 5.94. The van der Waals surface area contributed by atoms with Crippen LogP contribution in [0.1, 0.15) is 12.8 Å². The van der Waals surface area contributed by atoms with Crippen LogP contribution in [0.4, 0.5) is 5.82 Å². The van der Waals surface area contributed by atoms with Gasteiger partial charge >= 0.3 is 0 Å². The molecule has 23 heavy (non-hydrogen) atoms. The molecular weight excluding hydrogens is 314 g/mol. The van der Waals surface area contributed by atoms with Crippen molar-refractivity contribution < 1.29 is 9.15 Å². The first-order valence-electron chi connectivity index (χ1n) is 7.66. The molecule has 1 saturated heterocycles. The van der Waals surface area contributed by atoms with E-state index in [2.05, 4.69) is 15.5 Å². The van der Waals surface area contributed by atoms with Gasteiger partial charge in [-0.1, -0.05) is 23.7 Å². The molecule has 0 amide bonds. The van der Waals surface area contributed by atoms with Crippen LogP contribution in [0.25, 0.3) is 22.2 Å². The number of ether oxygens (including phenoxy) is 1. The van der Waals surface area contributed by atoms with E-state index in [1.54, 1.807) is 6.26 Å². The van der Waals surface area contributed by atoms with Gasteiger partial charge in [-0.3, -0.25) is 0 Å². The van der Waals surface area contributed by atoms with Crippen LogP contribution in [0.2, 0.25) is 5.02 Å². The van der Waals surface area contributed by atoms with Gasteiger partial charge in [-0.25, -0.2) is 0 Å². The summed E-state index contributed by atoms with van der Waals surface area (Å²) in [6.07, 6.45) is 4.10. The minimum Gasteiger partial charge on any atom is -0.462 e. The molecule has 0 saturated carbocycles.